The first kappa shape index (κ1) is 19.8. The van der Waals surface area contributed by atoms with Gasteiger partial charge in [0.15, 0.2) is 5.17 Å². The van der Waals surface area contributed by atoms with E-state index in [-0.39, 0.29) is 20.5 Å². The van der Waals surface area contributed by atoms with E-state index in [9.17, 15) is 13.6 Å². The molecule has 0 aliphatic carbocycles. The summed E-state index contributed by atoms with van der Waals surface area (Å²) in [6.07, 6.45) is -0.927. The van der Waals surface area contributed by atoms with Crippen LogP contribution in [-0.4, -0.2) is 21.5 Å². The van der Waals surface area contributed by atoms with E-state index in [1.165, 1.54) is 17.8 Å². The van der Waals surface area contributed by atoms with Gasteiger partial charge in [-0.1, -0.05) is 16.9 Å². The van der Waals surface area contributed by atoms with Crippen LogP contribution in [0.1, 0.15) is 41.2 Å². The standard InChI is InChI=1S/C17H16BrF2N3O3S/c1-7-14(8(2)26-23-7)13-6-17(3,22-15(27-13)21-16(24)25)9-4-10(18)12(20)5-11(9)19/h4-5,13H,6H2,1-3H3,(H,21,22)(H,24,25)/t13-,17+/m1/s1. The highest BCUT2D eigenvalue weighted by atomic mass is 79.9. The number of nitrogens with zero attached hydrogens (tertiary/aromatic N) is 2. The molecule has 2 atom stereocenters. The van der Waals surface area contributed by atoms with E-state index in [2.05, 4.69) is 31.4 Å². The topological polar surface area (TPSA) is 87.7 Å². The van der Waals surface area contributed by atoms with Gasteiger partial charge in [0.05, 0.1) is 15.7 Å². The fraction of sp³-hybridized carbons (Fsp3) is 0.353. The number of aliphatic imine (C=N–C) groups is 1. The molecule has 1 aliphatic heterocycles. The van der Waals surface area contributed by atoms with Crippen molar-refractivity contribution in [2.75, 3.05) is 0 Å². The van der Waals surface area contributed by atoms with Gasteiger partial charge in [-0.2, -0.15) is 0 Å². The molecule has 2 heterocycles. The number of thioether (sulfide) groups is 1. The molecule has 0 unspecified atom stereocenters. The molecule has 1 amide bonds. The zero-order valence-electron chi connectivity index (χ0n) is 14.6. The number of aryl methyl sites for hydroxylation is 2. The quantitative estimate of drug-likeness (QED) is 0.613. The molecule has 3 rings (SSSR count). The summed E-state index contributed by atoms with van der Waals surface area (Å²) < 4.78 is 33.6. The largest absolute Gasteiger partial charge is 0.465 e. The van der Waals surface area contributed by atoms with Crippen LogP contribution in [-0.2, 0) is 5.54 Å². The first-order valence-corrected chi connectivity index (χ1v) is 9.62. The van der Waals surface area contributed by atoms with Gasteiger partial charge in [0.1, 0.15) is 17.4 Å². The molecule has 0 saturated carbocycles. The van der Waals surface area contributed by atoms with E-state index >= 15 is 0 Å². The zero-order chi connectivity index (χ0) is 19.9. The molecule has 0 saturated heterocycles. The Morgan fingerprint density at radius 2 is 2.11 bits per heavy atom. The highest BCUT2D eigenvalue weighted by Crippen LogP contribution is 2.49. The van der Waals surface area contributed by atoms with Crippen molar-refractivity contribution in [2.24, 2.45) is 4.99 Å². The van der Waals surface area contributed by atoms with Crippen LogP contribution in [0.5, 0.6) is 0 Å². The van der Waals surface area contributed by atoms with Crippen molar-refractivity contribution in [3.63, 3.8) is 0 Å². The molecule has 10 heteroatoms. The fourth-order valence-corrected chi connectivity index (χ4v) is 5.07. The summed E-state index contributed by atoms with van der Waals surface area (Å²) in [5.74, 6) is -0.870. The Kier molecular flexibility index (Phi) is 5.31. The second-order valence-electron chi connectivity index (χ2n) is 6.42. The van der Waals surface area contributed by atoms with Gasteiger partial charge < -0.3 is 9.63 Å². The van der Waals surface area contributed by atoms with Crippen molar-refractivity contribution in [1.82, 2.24) is 10.5 Å². The Morgan fingerprint density at radius 1 is 1.41 bits per heavy atom. The van der Waals surface area contributed by atoms with Crippen molar-refractivity contribution in [3.8, 4) is 0 Å². The van der Waals surface area contributed by atoms with Gasteiger partial charge in [-0.05, 0) is 49.2 Å². The normalized spacial score (nSPS) is 22.4. The number of hydrogen-bond donors (Lipinski definition) is 2. The maximum atomic E-state index is 14.6. The van der Waals surface area contributed by atoms with Crippen molar-refractivity contribution in [2.45, 2.75) is 38.0 Å². The zero-order valence-corrected chi connectivity index (χ0v) is 17.0. The van der Waals surface area contributed by atoms with E-state index in [0.717, 1.165) is 11.6 Å². The summed E-state index contributed by atoms with van der Waals surface area (Å²) in [5, 5.41) is 15.2. The predicted molar refractivity (Wildman–Crippen MR) is 101 cm³/mol. The molecule has 0 fully saturated rings. The summed E-state index contributed by atoms with van der Waals surface area (Å²) >= 11 is 4.28. The smallest absolute Gasteiger partial charge is 0.410 e. The number of nitrogens with one attached hydrogen (secondary N) is 1. The van der Waals surface area contributed by atoms with Crippen LogP contribution in [0.25, 0.3) is 0 Å². The first-order chi connectivity index (χ1) is 12.6. The molecule has 144 valence electrons. The van der Waals surface area contributed by atoms with Gasteiger partial charge in [-0.3, -0.25) is 10.3 Å². The van der Waals surface area contributed by atoms with E-state index < -0.39 is 23.3 Å². The lowest BCUT2D eigenvalue weighted by atomic mass is 9.85. The van der Waals surface area contributed by atoms with Crippen LogP contribution in [0.2, 0.25) is 0 Å². The van der Waals surface area contributed by atoms with Crippen molar-refractivity contribution in [3.05, 3.63) is 50.8 Å². The number of rotatable bonds is 2. The van der Waals surface area contributed by atoms with Gasteiger partial charge in [-0.25, -0.2) is 13.6 Å². The van der Waals surface area contributed by atoms with Crippen molar-refractivity contribution < 1.29 is 23.2 Å². The molecule has 1 aliphatic rings. The fourth-order valence-electron chi connectivity index (χ4n) is 3.20. The lowest BCUT2D eigenvalue weighted by Crippen LogP contribution is -2.36. The Labute approximate surface area is 166 Å². The van der Waals surface area contributed by atoms with Gasteiger partial charge in [-0.15, -0.1) is 0 Å². The third-order valence-electron chi connectivity index (χ3n) is 4.40. The number of aromatic nitrogens is 1. The second-order valence-corrected chi connectivity index (χ2v) is 8.46. The van der Waals surface area contributed by atoms with Crippen LogP contribution in [0, 0.1) is 25.5 Å². The lowest BCUT2D eigenvalue weighted by Gasteiger charge is -2.35. The lowest BCUT2D eigenvalue weighted by molar-refractivity contribution is 0.200. The SMILES string of the molecule is Cc1noc(C)c1[C@H]1C[C@@](C)(c2cc(Br)c(F)cc2F)N=C(NC(=O)O)S1. The molecule has 1 aromatic carbocycles. The molecule has 0 radical (unpaired) electrons. The third-order valence-corrected chi connectivity index (χ3v) is 6.11. The number of amidine groups is 1. The van der Waals surface area contributed by atoms with Crippen LogP contribution in [0.4, 0.5) is 13.6 Å². The van der Waals surface area contributed by atoms with E-state index in [1.54, 1.807) is 20.8 Å². The minimum Gasteiger partial charge on any atom is -0.465 e. The first-order valence-electron chi connectivity index (χ1n) is 7.95. The van der Waals surface area contributed by atoms with Gasteiger partial charge in [0.25, 0.3) is 0 Å². The van der Waals surface area contributed by atoms with E-state index in [4.69, 9.17) is 9.63 Å². The molecular weight excluding hydrogens is 444 g/mol. The molecule has 2 aromatic rings. The predicted octanol–water partition coefficient (Wildman–Crippen LogP) is 5.05. The number of halogens is 3. The summed E-state index contributed by atoms with van der Waals surface area (Å²) in [4.78, 5) is 15.6. The van der Waals surface area contributed by atoms with Crippen LogP contribution in [0.3, 0.4) is 0 Å². The van der Waals surface area contributed by atoms with Crippen molar-refractivity contribution >= 4 is 39.0 Å². The Balaban J connectivity index is 2.12. The third kappa shape index (κ3) is 3.86. The Bertz CT molecular complexity index is 930. The average Bonchev–Trinajstić information content (AvgIpc) is 2.88. The molecule has 1 aromatic heterocycles. The van der Waals surface area contributed by atoms with Gasteiger partial charge in [0.2, 0.25) is 0 Å². The van der Waals surface area contributed by atoms with Gasteiger partial charge in [0, 0.05) is 22.4 Å². The molecule has 0 spiro atoms. The number of carbonyl (C=O) groups is 1. The number of amides is 1. The maximum absolute atomic E-state index is 14.6. The second kappa shape index (κ2) is 7.23. The Morgan fingerprint density at radius 3 is 2.70 bits per heavy atom. The molecular formula is C17H16BrF2N3O3S. The molecule has 0 bridgehead atoms. The van der Waals surface area contributed by atoms with Crippen LogP contribution in [0.15, 0.2) is 26.1 Å². The highest BCUT2D eigenvalue weighted by molar-refractivity contribution is 9.10. The summed E-state index contributed by atoms with van der Waals surface area (Å²) in [7, 11) is 0. The number of carboxylic acid groups (broad SMARTS) is 1. The van der Waals surface area contributed by atoms with E-state index in [0.29, 0.717) is 17.9 Å². The Hall–Kier alpha value is -1.94. The number of hydrogen-bond acceptors (Lipinski definition) is 5. The maximum Gasteiger partial charge on any atom is 0.410 e. The molecule has 6 nitrogen and oxygen atoms in total. The van der Waals surface area contributed by atoms with E-state index in [1.807, 2.05) is 0 Å². The summed E-state index contributed by atoms with van der Waals surface area (Å²) in [6.45, 7) is 5.23. The average molecular weight is 460 g/mol. The minimum absolute atomic E-state index is 0.107. The monoisotopic (exact) mass is 459 g/mol. The molecule has 27 heavy (non-hydrogen) atoms. The molecule has 2 N–H and O–H groups in total. The van der Waals surface area contributed by atoms with Crippen LogP contribution >= 0.6 is 27.7 Å². The minimum atomic E-state index is -1.27. The summed E-state index contributed by atoms with van der Waals surface area (Å²) in [5.41, 5.74) is 0.527. The highest BCUT2D eigenvalue weighted by Gasteiger charge is 2.40. The van der Waals surface area contributed by atoms with Gasteiger partial charge >= 0.3 is 6.09 Å². The summed E-state index contributed by atoms with van der Waals surface area (Å²) in [6, 6.07) is 2.13. The number of benzene rings is 1. The van der Waals surface area contributed by atoms with Crippen molar-refractivity contribution in [1.29, 1.82) is 0 Å². The van der Waals surface area contributed by atoms with Crippen LogP contribution < -0.4 is 5.32 Å².